The fourth-order valence-corrected chi connectivity index (χ4v) is 4.57. The van der Waals surface area contributed by atoms with Crippen LogP contribution in [0.3, 0.4) is 0 Å². The Bertz CT molecular complexity index is 1300. The highest BCUT2D eigenvalue weighted by Crippen LogP contribution is 2.31. The van der Waals surface area contributed by atoms with Gasteiger partial charge in [0.1, 0.15) is 5.60 Å². The molecule has 0 atom stereocenters. The third kappa shape index (κ3) is 9.75. The van der Waals surface area contributed by atoms with E-state index in [1.807, 2.05) is 32.0 Å². The second-order valence-electron chi connectivity index (χ2n) is 11.8. The predicted molar refractivity (Wildman–Crippen MR) is 156 cm³/mol. The van der Waals surface area contributed by atoms with Crippen molar-refractivity contribution >= 4 is 23.7 Å². The number of halogens is 3. The maximum Gasteiger partial charge on any atom is 0.418 e. The molecule has 2 heterocycles. The van der Waals surface area contributed by atoms with Crippen molar-refractivity contribution in [3.8, 4) is 0 Å². The minimum absolute atomic E-state index is 0.0121. The molecular weight excluding hydrogens is 565 g/mol. The molecule has 43 heavy (non-hydrogen) atoms. The first-order chi connectivity index (χ1) is 20.0. The summed E-state index contributed by atoms with van der Waals surface area (Å²) >= 11 is 0. The van der Waals surface area contributed by atoms with Crippen molar-refractivity contribution in [1.29, 1.82) is 0 Å². The zero-order chi connectivity index (χ0) is 31.9. The largest absolute Gasteiger partial charge is 0.444 e. The Labute approximate surface area is 250 Å². The van der Waals surface area contributed by atoms with Gasteiger partial charge in [-0.1, -0.05) is 12.1 Å². The Morgan fingerprint density at radius 1 is 1.09 bits per heavy atom. The number of nitrogens with one attached hydrogen (secondary N) is 2. The van der Waals surface area contributed by atoms with Gasteiger partial charge in [0, 0.05) is 51.2 Å². The van der Waals surface area contributed by atoms with Gasteiger partial charge < -0.3 is 30.1 Å². The van der Waals surface area contributed by atoms with E-state index in [1.54, 1.807) is 25.7 Å². The number of hydrogen-bond acceptors (Lipinski definition) is 6. The SMILES string of the molecule is CC(C)NC(=O)N1CCc2c(cccc2NCC(=O)N(CCN(C)C(=O)OC(C)(C)C)Cc2ncccc2C(F)(F)F)C1. The summed E-state index contributed by atoms with van der Waals surface area (Å²) in [5, 5.41) is 6.04. The molecule has 0 saturated heterocycles. The van der Waals surface area contributed by atoms with E-state index in [9.17, 15) is 27.6 Å². The van der Waals surface area contributed by atoms with Crippen molar-refractivity contribution in [1.82, 2.24) is 25.0 Å². The van der Waals surface area contributed by atoms with Crippen LogP contribution in [-0.2, 0) is 35.2 Å². The lowest BCUT2D eigenvalue weighted by molar-refractivity contribution is -0.140. The first-order valence-corrected chi connectivity index (χ1v) is 14.2. The standard InChI is InChI=1S/C30H41F3N6O4/c1-20(2)36-27(41)39-14-12-22-21(18-39)9-7-11-24(22)35-17-26(40)38(16-15-37(6)28(42)43-29(3,4)5)19-25-23(30(31,32)33)10-8-13-34-25/h7-11,13,20,35H,12,14-19H2,1-6H3,(H,36,41). The number of ether oxygens (including phenoxy) is 1. The van der Waals surface area contributed by atoms with Gasteiger partial charge in [-0.3, -0.25) is 9.78 Å². The summed E-state index contributed by atoms with van der Waals surface area (Å²) in [6, 6.07) is 7.57. The number of rotatable bonds is 9. The summed E-state index contributed by atoms with van der Waals surface area (Å²) in [4.78, 5) is 46.6. The topological polar surface area (TPSA) is 107 Å². The molecule has 3 rings (SSSR count). The molecule has 10 nitrogen and oxygen atoms in total. The predicted octanol–water partition coefficient (Wildman–Crippen LogP) is 4.88. The van der Waals surface area contributed by atoms with Gasteiger partial charge in [0.15, 0.2) is 0 Å². The zero-order valence-electron chi connectivity index (χ0n) is 25.5. The average molecular weight is 607 g/mol. The van der Waals surface area contributed by atoms with Crippen molar-refractivity contribution < 1.29 is 32.3 Å². The van der Waals surface area contributed by atoms with Crippen LogP contribution in [0.1, 0.15) is 57.0 Å². The number of hydrogen-bond donors (Lipinski definition) is 2. The first kappa shape index (κ1) is 33.5. The maximum atomic E-state index is 13.7. The summed E-state index contributed by atoms with van der Waals surface area (Å²) in [5.74, 6) is -0.470. The van der Waals surface area contributed by atoms with E-state index in [0.717, 1.165) is 22.9 Å². The smallest absolute Gasteiger partial charge is 0.418 e. The second-order valence-corrected chi connectivity index (χ2v) is 11.8. The number of benzene rings is 1. The summed E-state index contributed by atoms with van der Waals surface area (Å²) < 4.78 is 46.4. The molecule has 4 amide bonds. The van der Waals surface area contributed by atoms with Crippen LogP contribution < -0.4 is 10.6 Å². The Balaban J connectivity index is 1.76. The van der Waals surface area contributed by atoms with Crippen LogP contribution in [0.25, 0.3) is 0 Å². The Kier molecular flexibility index (Phi) is 10.9. The number of fused-ring (bicyclic) bond motifs is 1. The number of urea groups is 1. The number of amides is 4. The lowest BCUT2D eigenvalue weighted by atomic mass is 9.98. The van der Waals surface area contributed by atoms with Gasteiger partial charge in [-0.05, 0) is 70.4 Å². The fraction of sp³-hybridized carbons (Fsp3) is 0.533. The number of carbonyl (C=O) groups excluding carboxylic acids is 3. The molecule has 0 bridgehead atoms. The molecule has 1 aliphatic heterocycles. The van der Waals surface area contributed by atoms with E-state index >= 15 is 0 Å². The van der Waals surface area contributed by atoms with Gasteiger partial charge in [-0.2, -0.15) is 13.2 Å². The van der Waals surface area contributed by atoms with Crippen LogP contribution in [0.5, 0.6) is 0 Å². The van der Waals surface area contributed by atoms with E-state index < -0.39 is 35.9 Å². The van der Waals surface area contributed by atoms with Crippen LogP contribution in [0.4, 0.5) is 28.4 Å². The Hall–Kier alpha value is -4.03. The molecule has 1 aromatic heterocycles. The minimum atomic E-state index is -4.65. The van der Waals surface area contributed by atoms with Crippen molar-refractivity contribution in [2.75, 3.05) is 38.5 Å². The quantitative estimate of drug-likeness (QED) is 0.421. The summed E-state index contributed by atoms with van der Waals surface area (Å²) in [5.41, 5.74) is 0.689. The van der Waals surface area contributed by atoms with E-state index in [-0.39, 0.29) is 37.4 Å². The van der Waals surface area contributed by atoms with E-state index in [1.165, 1.54) is 29.1 Å². The number of aromatic nitrogens is 1. The number of nitrogens with zero attached hydrogens (tertiary/aromatic N) is 4. The average Bonchev–Trinajstić information content (AvgIpc) is 2.91. The molecular formula is C30H41F3N6O4. The summed E-state index contributed by atoms with van der Waals surface area (Å²) in [7, 11) is 1.50. The van der Waals surface area contributed by atoms with Crippen LogP contribution in [0.2, 0.25) is 0 Å². The van der Waals surface area contributed by atoms with Gasteiger partial charge in [0.2, 0.25) is 5.91 Å². The summed E-state index contributed by atoms with van der Waals surface area (Å²) in [6.45, 7) is 9.27. The lowest BCUT2D eigenvalue weighted by Crippen LogP contribution is -2.45. The van der Waals surface area contributed by atoms with Crippen LogP contribution >= 0.6 is 0 Å². The molecule has 236 valence electrons. The zero-order valence-corrected chi connectivity index (χ0v) is 25.5. The van der Waals surface area contributed by atoms with E-state index in [2.05, 4.69) is 15.6 Å². The number of pyridine rings is 1. The first-order valence-electron chi connectivity index (χ1n) is 14.2. The molecule has 0 radical (unpaired) electrons. The number of anilines is 1. The molecule has 2 aromatic rings. The second kappa shape index (κ2) is 14.0. The normalized spacial score (nSPS) is 13.3. The number of carbonyl (C=O) groups is 3. The highest BCUT2D eigenvalue weighted by Gasteiger charge is 2.35. The van der Waals surface area contributed by atoms with E-state index in [4.69, 9.17) is 4.74 Å². The van der Waals surface area contributed by atoms with Crippen LogP contribution in [-0.4, -0.2) is 82.6 Å². The third-order valence-corrected chi connectivity index (χ3v) is 6.69. The van der Waals surface area contributed by atoms with Gasteiger partial charge >= 0.3 is 18.3 Å². The molecule has 1 aliphatic rings. The minimum Gasteiger partial charge on any atom is -0.444 e. The lowest BCUT2D eigenvalue weighted by Gasteiger charge is -2.31. The Morgan fingerprint density at radius 3 is 2.47 bits per heavy atom. The molecule has 13 heteroatoms. The van der Waals surface area contributed by atoms with Crippen molar-refractivity contribution in [2.24, 2.45) is 0 Å². The molecule has 0 aliphatic carbocycles. The molecule has 0 fully saturated rings. The highest BCUT2D eigenvalue weighted by molar-refractivity contribution is 5.81. The van der Waals surface area contributed by atoms with Crippen molar-refractivity contribution in [3.63, 3.8) is 0 Å². The fourth-order valence-electron chi connectivity index (χ4n) is 4.57. The van der Waals surface area contributed by atoms with Gasteiger partial charge in [-0.25, -0.2) is 9.59 Å². The van der Waals surface area contributed by atoms with Gasteiger partial charge in [0.05, 0.1) is 24.3 Å². The molecule has 2 N–H and O–H groups in total. The third-order valence-electron chi connectivity index (χ3n) is 6.69. The van der Waals surface area contributed by atoms with Crippen molar-refractivity contribution in [3.05, 3.63) is 58.9 Å². The highest BCUT2D eigenvalue weighted by atomic mass is 19.4. The van der Waals surface area contributed by atoms with Crippen LogP contribution in [0.15, 0.2) is 36.5 Å². The van der Waals surface area contributed by atoms with Gasteiger partial charge in [-0.15, -0.1) is 0 Å². The van der Waals surface area contributed by atoms with Crippen LogP contribution in [0, 0.1) is 0 Å². The number of alkyl halides is 3. The maximum absolute atomic E-state index is 13.7. The summed E-state index contributed by atoms with van der Waals surface area (Å²) in [6.07, 6.45) is -3.43. The molecule has 0 saturated carbocycles. The molecule has 0 unspecified atom stereocenters. The van der Waals surface area contributed by atoms with Gasteiger partial charge in [0.25, 0.3) is 0 Å². The molecule has 1 aromatic carbocycles. The molecule has 0 spiro atoms. The monoisotopic (exact) mass is 606 g/mol. The van der Waals surface area contributed by atoms with Crippen molar-refractivity contribution in [2.45, 2.75) is 71.9 Å². The van der Waals surface area contributed by atoms with E-state index in [0.29, 0.717) is 19.5 Å². The Morgan fingerprint density at radius 2 is 1.81 bits per heavy atom. The number of likely N-dealkylation sites (N-methyl/N-ethyl adjacent to an activating group) is 1.